The number of hydrogen-bond donors (Lipinski definition) is 3. The number of carboxylic acids is 1. The number of aromatic nitrogens is 1. The number of nitrogens with one attached hydrogen (secondary N) is 2. The summed E-state index contributed by atoms with van der Waals surface area (Å²) < 4.78 is 1.09. The minimum Gasteiger partial charge on any atom is -0.478 e. The minimum absolute atomic E-state index is 0.0549. The number of benzene rings is 4. The van der Waals surface area contributed by atoms with Gasteiger partial charge in [0.05, 0.1) is 32.3 Å². The predicted molar refractivity (Wildman–Crippen MR) is 169 cm³/mol. The third kappa shape index (κ3) is 5.99. The average molecular weight is 609 g/mol. The van der Waals surface area contributed by atoms with Gasteiger partial charge in [-0.1, -0.05) is 29.5 Å². The summed E-state index contributed by atoms with van der Waals surface area (Å²) >= 11 is 2.83. The molecule has 1 atom stereocenters. The normalized spacial score (nSPS) is 14.7. The first-order valence-corrected chi connectivity index (χ1v) is 15.0. The molecule has 2 heterocycles. The lowest BCUT2D eigenvalue weighted by atomic mass is 10.1. The maximum Gasteiger partial charge on any atom is 0.336 e. The third-order valence-electron chi connectivity index (χ3n) is 6.82. The van der Waals surface area contributed by atoms with Crippen LogP contribution in [-0.2, 0) is 9.59 Å². The number of anilines is 4. The molecule has 43 heavy (non-hydrogen) atoms. The lowest BCUT2D eigenvalue weighted by molar-refractivity contribution is -0.121. The molecule has 5 aromatic rings. The number of carbonyl (C=O) groups excluding carboxylic acids is 3. The molecule has 6 rings (SSSR count). The number of aryl methyl sites for hydroxylation is 1. The van der Waals surface area contributed by atoms with Crippen molar-refractivity contribution in [2.24, 2.45) is 0 Å². The van der Waals surface area contributed by atoms with Crippen molar-refractivity contribution in [3.05, 3.63) is 108 Å². The van der Waals surface area contributed by atoms with Gasteiger partial charge in [0.1, 0.15) is 0 Å². The van der Waals surface area contributed by atoms with Gasteiger partial charge in [0.15, 0.2) is 5.13 Å². The molecule has 0 aliphatic carbocycles. The first-order chi connectivity index (χ1) is 20.7. The SMILES string of the molecule is Cc1ccc2nc(Nc3ccc(N4C(=O)CC(Sc5ccc(NC(=O)c6ccccc6C(=O)O)cc5)C4=O)cc3)sc2c1. The van der Waals surface area contributed by atoms with Gasteiger partial charge in [0, 0.05) is 22.7 Å². The molecule has 3 N–H and O–H groups in total. The van der Waals surface area contributed by atoms with Crippen molar-refractivity contribution in [3.8, 4) is 0 Å². The lowest BCUT2D eigenvalue weighted by Gasteiger charge is -2.15. The minimum atomic E-state index is -1.19. The Morgan fingerprint density at radius 1 is 0.930 bits per heavy atom. The first kappa shape index (κ1) is 28.1. The van der Waals surface area contributed by atoms with Crippen LogP contribution in [0.3, 0.4) is 0 Å². The zero-order chi connectivity index (χ0) is 30.1. The number of thioether (sulfide) groups is 1. The van der Waals surface area contributed by atoms with Gasteiger partial charge in [0.2, 0.25) is 11.8 Å². The second-order valence-electron chi connectivity index (χ2n) is 9.87. The zero-order valence-corrected chi connectivity index (χ0v) is 24.4. The molecule has 11 heteroatoms. The Hall–Kier alpha value is -5.00. The molecular formula is C32H24N4O5S2. The predicted octanol–water partition coefficient (Wildman–Crippen LogP) is 6.72. The number of amides is 3. The van der Waals surface area contributed by atoms with E-state index in [1.165, 1.54) is 34.4 Å². The van der Waals surface area contributed by atoms with Gasteiger partial charge in [0.25, 0.3) is 5.91 Å². The summed E-state index contributed by atoms with van der Waals surface area (Å²) in [6.45, 7) is 2.04. The van der Waals surface area contributed by atoms with Crippen LogP contribution < -0.4 is 15.5 Å². The van der Waals surface area contributed by atoms with E-state index in [0.717, 1.165) is 25.9 Å². The maximum absolute atomic E-state index is 13.2. The molecule has 4 aromatic carbocycles. The first-order valence-electron chi connectivity index (χ1n) is 13.3. The number of fused-ring (bicyclic) bond motifs is 1. The topological polar surface area (TPSA) is 129 Å². The number of nitrogens with zero attached hydrogens (tertiary/aromatic N) is 2. The molecule has 9 nitrogen and oxygen atoms in total. The highest BCUT2D eigenvalue weighted by atomic mass is 32.2. The monoisotopic (exact) mass is 608 g/mol. The van der Waals surface area contributed by atoms with Crippen molar-refractivity contribution in [2.45, 2.75) is 23.5 Å². The molecule has 1 aliphatic heterocycles. The molecule has 1 aromatic heterocycles. The highest BCUT2D eigenvalue weighted by Crippen LogP contribution is 2.35. The van der Waals surface area contributed by atoms with Crippen LogP contribution in [0.5, 0.6) is 0 Å². The van der Waals surface area contributed by atoms with Crippen molar-refractivity contribution in [2.75, 3.05) is 15.5 Å². The molecule has 214 valence electrons. The molecule has 1 saturated heterocycles. The Morgan fingerprint density at radius 2 is 1.63 bits per heavy atom. The number of carboxylic acid groups (broad SMARTS) is 1. The lowest BCUT2D eigenvalue weighted by Crippen LogP contribution is -2.31. The smallest absolute Gasteiger partial charge is 0.336 e. The number of aromatic carboxylic acids is 1. The Bertz CT molecular complexity index is 1890. The molecule has 1 fully saturated rings. The summed E-state index contributed by atoms with van der Waals surface area (Å²) in [7, 11) is 0. The maximum atomic E-state index is 13.2. The Morgan fingerprint density at radius 3 is 2.35 bits per heavy atom. The molecule has 3 amide bonds. The van der Waals surface area contributed by atoms with Gasteiger partial charge in [-0.3, -0.25) is 14.4 Å². The molecule has 1 unspecified atom stereocenters. The van der Waals surface area contributed by atoms with Crippen molar-refractivity contribution < 1.29 is 24.3 Å². The van der Waals surface area contributed by atoms with Crippen LogP contribution in [0.4, 0.5) is 22.2 Å². The van der Waals surface area contributed by atoms with Crippen molar-refractivity contribution in [3.63, 3.8) is 0 Å². The fourth-order valence-electron chi connectivity index (χ4n) is 4.72. The summed E-state index contributed by atoms with van der Waals surface area (Å²) in [4.78, 5) is 56.7. The number of thiazole rings is 1. The van der Waals surface area contributed by atoms with E-state index in [2.05, 4.69) is 21.7 Å². The van der Waals surface area contributed by atoms with Gasteiger partial charge in [-0.05, 0) is 85.3 Å². The van der Waals surface area contributed by atoms with Gasteiger partial charge in [-0.2, -0.15) is 0 Å². The highest BCUT2D eigenvalue weighted by molar-refractivity contribution is 8.00. The fraction of sp³-hybridized carbons (Fsp3) is 0.0938. The van der Waals surface area contributed by atoms with Crippen LogP contribution in [0.1, 0.15) is 32.7 Å². The fourth-order valence-corrected chi connectivity index (χ4v) is 6.76. The van der Waals surface area contributed by atoms with E-state index in [0.29, 0.717) is 11.4 Å². The van der Waals surface area contributed by atoms with E-state index in [1.807, 2.05) is 31.2 Å². The highest BCUT2D eigenvalue weighted by Gasteiger charge is 2.40. The summed E-state index contributed by atoms with van der Waals surface area (Å²) in [6.07, 6.45) is 0.0685. The van der Waals surface area contributed by atoms with Crippen molar-refractivity contribution >= 4 is 79.2 Å². The summed E-state index contributed by atoms with van der Waals surface area (Å²) in [6, 6.07) is 26.0. The average Bonchev–Trinajstić information content (AvgIpc) is 3.52. The zero-order valence-electron chi connectivity index (χ0n) is 22.7. The van der Waals surface area contributed by atoms with Gasteiger partial charge >= 0.3 is 5.97 Å². The van der Waals surface area contributed by atoms with E-state index in [1.54, 1.807) is 59.9 Å². The van der Waals surface area contributed by atoms with Crippen LogP contribution in [0.25, 0.3) is 10.2 Å². The molecule has 0 bridgehead atoms. The van der Waals surface area contributed by atoms with Crippen LogP contribution in [-0.4, -0.2) is 39.0 Å². The van der Waals surface area contributed by atoms with E-state index < -0.39 is 17.1 Å². The second kappa shape index (κ2) is 11.7. The summed E-state index contributed by atoms with van der Waals surface area (Å²) in [5.74, 6) is -2.29. The largest absolute Gasteiger partial charge is 0.478 e. The summed E-state index contributed by atoms with van der Waals surface area (Å²) in [5.41, 5.74) is 3.83. The molecule has 0 saturated carbocycles. The van der Waals surface area contributed by atoms with Crippen LogP contribution >= 0.6 is 23.1 Å². The van der Waals surface area contributed by atoms with E-state index in [-0.39, 0.29) is 29.4 Å². The number of imide groups is 1. The number of carbonyl (C=O) groups is 4. The van der Waals surface area contributed by atoms with Gasteiger partial charge in [-0.25, -0.2) is 14.7 Å². The number of rotatable bonds is 8. The molecule has 0 spiro atoms. The Balaban J connectivity index is 1.08. The summed E-state index contributed by atoms with van der Waals surface area (Å²) in [5, 5.41) is 15.5. The molecule has 1 aliphatic rings. The van der Waals surface area contributed by atoms with Crippen LogP contribution in [0.15, 0.2) is 95.9 Å². The molecular weight excluding hydrogens is 585 g/mol. The Labute approximate surface area is 254 Å². The quantitative estimate of drug-likeness (QED) is 0.166. The van der Waals surface area contributed by atoms with Crippen molar-refractivity contribution in [1.29, 1.82) is 0 Å². The van der Waals surface area contributed by atoms with Gasteiger partial charge in [-0.15, -0.1) is 11.8 Å². The van der Waals surface area contributed by atoms with Gasteiger partial charge < -0.3 is 15.7 Å². The Kier molecular flexibility index (Phi) is 7.66. The van der Waals surface area contributed by atoms with E-state index in [4.69, 9.17) is 0 Å². The van der Waals surface area contributed by atoms with E-state index >= 15 is 0 Å². The third-order valence-corrected chi connectivity index (χ3v) is 8.95. The standard InChI is InChI=1S/C32H24N4O5S2/c1-18-6-15-25-26(16-18)43-32(35-25)34-20-7-11-21(12-8-20)36-28(37)17-27(30(36)39)42-22-13-9-19(10-14-22)33-29(38)23-4-2-3-5-24(23)31(40)41/h2-16,27H,17H2,1H3,(H,33,38)(H,34,35)(H,40,41). The van der Waals surface area contributed by atoms with Crippen molar-refractivity contribution in [1.82, 2.24) is 4.98 Å². The second-order valence-corrected chi connectivity index (χ2v) is 12.2. The molecule has 0 radical (unpaired) electrons. The van der Waals surface area contributed by atoms with E-state index in [9.17, 15) is 24.3 Å². The van der Waals surface area contributed by atoms with Crippen LogP contribution in [0.2, 0.25) is 0 Å². The number of hydrogen-bond acceptors (Lipinski definition) is 8. The van der Waals surface area contributed by atoms with Crippen LogP contribution in [0, 0.1) is 6.92 Å².